The number of unbranched alkanes of at least 4 members (excludes halogenated alkanes) is 14. The van der Waals surface area contributed by atoms with Gasteiger partial charge in [-0.15, -0.1) is 0 Å². The van der Waals surface area contributed by atoms with Crippen molar-refractivity contribution in [1.82, 2.24) is 4.90 Å². The van der Waals surface area contributed by atoms with Gasteiger partial charge in [-0.3, -0.25) is 4.79 Å². The molecule has 0 bridgehead atoms. The fourth-order valence-corrected chi connectivity index (χ4v) is 3.67. The summed E-state index contributed by atoms with van der Waals surface area (Å²) in [7, 11) is 0. The molecule has 31 heavy (non-hydrogen) atoms. The first kappa shape index (κ1) is 29.7. The summed E-state index contributed by atoms with van der Waals surface area (Å²) in [6.07, 6.45) is 23.1. The highest BCUT2D eigenvalue weighted by Crippen LogP contribution is 2.11. The minimum absolute atomic E-state index is 0.0533. The molecule has 0 saturated heterocycles. The van der Waals surface area contributed by atoms with Crippen LogP contribution in [0.2, 0.25) is 0 Å². The molecule has 0 aliphatic carbocycles. The van der Waals surface area contributed by atoms with Crippen LogP contribution in [0.25, 0.3) is 0 Å². The Morgan fingerprint density at radius 3 is 1.48 bits per heavy atom. The fourth-order valence-electron chi connectivity index (χ4n) is 3.67. The molecule has 0 unspecified atom stereocenters. The zero-order chi connectivity index (χ0) is 23.0. The molecule has 1 amide bonds. The number of ether oxygens (including phenoxy) is 1. The molecule has 0 heterocycles. The summed E-state index contributed by atoms with van der Waals surface area (Å²) >= 11 is 0. The number of esters is 1. The van der Waals surface area contributed by atoms with Crippen LogP contribution in [0, 0.1) is 0 Å². The van der Waals surface area contributed by atoms with Crippen molar-refractivity contribution in [3.63, 3.8) is 0 Å². The summed E-state index contributed by atoms with van der Waals surface area (Å²) in [6.45, 7) is 8.61. The Bertz CT molecular complexity index is 430. The molecule has 4 nitrogen and oxygen atoms in total. The van der Waals surface area contributed by atoms with Crippen LogP contribution < -0.4 is 0 Å². The van der Waals surface area contributed by atoms with Gasteiger partial charge in [0.1, 0.15) is 0 Å². The molecule has 0 radical (unpaired) electrons. The molecule has 0 aromatic heterocycles. The number of hydrogen-bond donors (Lipinski definition) is 0. The smallest absolute Gasteiger partial charge is 0.330 e. The Kier molecular flexibility index (Phi) is 22.4. The maximum atomic E-state index is 12.7. The SMILES string of the molecule is CCCCCCCCCN(CCCCCCCCC)C(=O)/C=C/C(=O)OCCCCC. The molecule has 4 heteroatoms. The summed E-state index contributed by atoms with van der Waals surface area (Å²) in [4.78, 5) is 26.4. The van der Waals surface area contributed by atoms with Crippen molar-refractivity contribution in [3.8, 4) is 0 Å². The fraction of sp³-hybridized carbons (Fsp3) is 0.852. The highest BCUT2D eigenvalue weighted by atomic mass is 16.5. The average Bonchev–Trinajstić information content (AvgIpc) is 2.77. The van der Waals surface area contributed by atoms with Crippen molar-refractivity contribution < 1.29 is 14.3 Å². The van der Waals surface area contributed by atoms with E-state index in [0.29, 0.717) is 6.61 Å². The van der Waals surface area contributed by atoms with Gasteiger partial charge in [0.05, 0.1) is 6.61 Å². The van der Waals surface area contributed by atoms with E-state index in [1.54, 1.807) is 0 Å². The average molecular weight is 438 g/mol. The maximum Gasteiger partial charge on any atom is 0.330 e. The Morgan fingerprint density at radius 1 is 0.581 bits per heavy atom. The second-order valence-electron chi connectivity index (χ2n) is 8.78. The molecular formula is C27H51NO3. The van der Waals surface area contributed by atoms with Gasteiger partial charge in [-0.1, -0.05) is 111 Å². The normalized spacial score (nSPS) is 11.2. The monoisotopic (exact) mass is 437 g/mol. The second kappa shape index (κ2) is 23.3. The first-order valence-electron chi connectivity index (χ1n) is 13.3. The number of carbonyl (C=O) groups is 2. The Hall–Kier alpha value is -1.32. The van der Waals surface area contributed by atoms with Crippen LogP contribution in [0.5, 0.6) is 0 Å². The van der Waals surface area contributed by atoms with Gasteiger partial charge in [-0.25, -0.2) is 4.79 Å². The largest absolute Gasteiger partial charge is 0.463 e. The number of amides is 1. The third kappa shape index (κ3) is 20.3. The highest BCUT2D eigenvalue weighted by molar-refractivity contribution is 5.94. The lowest BCUT2D eigenvalue weighted by molar-refractivity contribution is -0.138. The van der Waals surface area contributed by atoms with E-state index in [-0.39, 0.29) is 5.91 Å². The van der Waals surface area contributed by atoms with Crippen molar-refractivity contribution in [2.75, 3.05) is 19.7 Å². The maximum absolute atomic E-state index is 12.7. The van der Waals surface area contributed by atoms with Crippen molar-refractivity contribution in [3.05, 3.63) is 12.2 Å². The van der Waals surface area contributed by atoms with E-state index in [4.69, 9.17) is 4.74 Å². The molecule has 0 saturated carbocycles. The van der Waals surface area contributed by atoms with Crippen LogP contribution >= 0.6 is 0 Å². The van der Waals surface area contributed by atoms with Crippen LogP contribution in [0.1, 0.15) is 130 Å². The summed E-state index contributed by atoms with van der Waals surface area (Å²) in [6, 6.07) is 0. The lowest BCUT2D eigenvalue weighted by Crippen LogP contribution is -2.31. The minimum Gasteiger partial charge on any atom is -0.463 e. The van der Waals surface area contributed by atoms with E-state index in [9.17, 15) is 9.59 Å². The van der Waals surface area contributed by atoms with Gasteiger partial charge >= 0.3 is 5.97 Å². The van der Waals surface area contributed by atoms with Crippen molar-refractivity contribution in [1.29, 1.82) is 0 Å². The molecular weight excluding hydrogens is 386 g/mol. The predicted molar refractivity (Wildman–Crippen MR) is 132 cm³/mol. The van der Waals surface area contributed by atoms with Gasteiger partial charge in [-0.05, 0) is 19.3 Å². The molecule has 0 aromatic rings. The Morgan fingerprint density at radius 2 is 1.00 bits per heavy atom. The van der Waals surface area contributed by atoms with Crippen LogP contribution in [0.15, 0.2) is 12.2 Å². The number of nitrogens with zero attached hydrogens (tertiary/aromatic N) is 1. The molecule has 0 aliphatic heterocycles. The van der Waals surface area contributed by atoms with Crippen molar-refractivity contribution in [2.24, 2.45) is 0 Å². The van der Waals surface area contributed by atoms with E-state index >= 15 is 0 Å². The molecule has 0 aromatic carbocycles. The number of rotatable bonds is 22. The molecule has 182 valence electrons. The van der Waals surface area contributed by atoms with E-state index < -0.39 is 5.97 Å². The predicted octanol–water partition coefficient (Wildman–Crippen LogP) is 7.61. The van der Waals surface area contributed by atoms with Crippen molar-refractivity contribution in [2.45, 2.75) is 130 Å². The third-order valence-electron chi connectivity index (χ3n) is 5.73. The minimum atomic E-state index is -0.406. The number of hydrogen-bond acceptors (Lipinski definition) is 3. The summed E-state index contributed by atoms with van der Waals surface area (Å²) in [5.41, 5.74) is 0. The van der Waals surface area contributed by atoms with E-state index in [2.05, 4.69) is 20.8 Å². The second-order valence-corrected chi connectivity index (χ2v) is 8.78. The van der Waals surface area contributed by atoms with Gasteiger partial charge in [-0.2, -0.15) is 0 Å². The van der Waals surface area contributed by atoms with Crippen LogP contribution in [-0.4, -0.2) is 36.5 Å². The van der Waals surface area contributed by atoms with Crippen LogP contribution in [0.4, 0.5) is 0 Å². The number of carbonyl (C=O) groups excluding carboxylic acids is 2. The molecule has 0 spiro atoms. The van der Waals surface area contributed by atoms with E-state index in [1.165, 1.54) is 89.2 Å². The van der Waals surface area contributed by atoms with Gasteiger partial charge in [0.15, 0.2) is 0 Å². The Labute approximate surface area is 193 Å². The first-order valence-corrected chi connectivity index (χ1v) is 13.3. The van der Waals surface area contributed by atoms with Gasteiger partial charge < -0.3 is 9.64 Å². The van der Waals surface area contributed by atoms with Gasteiger partial charge in [0.25, 0.3) is 0 Å². The topological polar surface area (TPSA) is 46.6 Å². The van der Waals surface area contributed by atoms with Crippen molar-refractivity contribution >= 4 is 11.9 Å². The molecule has 0 fully saturated rings. The summed E-state index contributed by atoms with van der Waals surface area (Å²) in [5.74, 6) is -0.460. The van der Waals surface area contributed by atoms with E-state index in [1.807, 2.05) is 4.90 Å². The van der Waals surface area contributed by atoms with Crippen LogP contribution in [0.3, 0.4) is 0 Å². The Balaban J connectivity index is 4.33. The van der Waals surface area contributed by atoms with Gasteiger partial charge in [0.2, 0.25) is 5.91 Å². The molecule has 0 N–H and O–H groups in total. The standard InChI is InChI=1S/C27H51NO3/c1-4-7-10-12-14-16-18-23-28(24-19-17-15-13-11-8-5-2)26(29)21-22-27(30)31-25-20-9-6-3/h21-22H,4-20,23-25H2,1-3H3/b22-21+. The first-order chi connectivity index (χ1) is 15.2. The van der Waals surface area contributed by atoms with Gasteiger partial charge in [0, 0.05) is 25.2 Å². The van der Waals surface area contributed by atoms with Crippen LogP contribution in [-0.2, 0) is 14.3 Å². The van der Waals surface area contributed by atoms with E-state index in [0.717, 1.165) is 45.2 Å². The third-order valence-corrected chi connectivity index (χ3v) is 5.73. The summed E-state index contributed by atoms with van der Waals surface area (Å²) < 4.78 is 5.17. The molecule has 0 rings (SSSR count). The zero-order valence-electron chi connectivity index (χ0n) is 21.0. The molecule has 0 aliphatic rings. The lowest BCUT2D eigenvalue weighted by Gasteiger charge is -2.21. The quantitative estimate of drug-likeness (QED) is 0.0994. The molecule has 0 atom stereocenters. The highest BCUT2D eigenvalue weighted by Gasteiger charge is 2.11. The summed E-state index contributed by atoms with van der Waals surface area (Å²) in [5, 5.41) is 0. The zero-order valence-corrected chi connectivity index (χ0v) is 21.0. The lowest BCUT2D eigenvalue weighted by atomic mass is 10.1.